The summed E-state index contributed by atoms with van der Waals surface area (Å²) in [6, 6.07) is 4.64. The Morgan fingerprint density at radius 2 is 2.10 bits per heavy atom. The number of unbranched alkanes of at least 4 members (excludes halogenated alkanes) is 2. The minimum absolute atomic E-state index is 0.0841. The van der Waals surface area contributed by atoms with Crippen LogP contribution in [0.25, 0.3) is 5.57 Å². The van der Waals surface area contributed by atoms with Gasteiger partial charge in [-0.25, -0.2) is 4.39 Å². The smallest absolute Gasteiger partial charge is 0.246 e. The van der Waals surface area contributed by atoms with Crippen LogP contribution in [0.1, 0.15) is 49.3 Å². The van der Waals surface area contributed by atoms with Gasteiger partial charge in [0, 0.05) is 18.2 Å². The van der Waals surface area contributed by atoms with Crippen molar-refractivity contribution in [1.82, 2.24) is 14.8 Å². The third-order valence-electron chi connectivity index (χ3n) is 4.23. The van der Waals surface area contributed by atoms with Crippen molar-refractivity contribution in [2.45, 2.75) is 40.0 Å². The molecule has 0 saturated carbocycles. The first-order valence-corrected chi connectivity index (χ1v) is 9.42. The number of rotatable bonds is 10. The Balaban J connectivity index is 2.07. The molecular formula is C22H27FN4O2. The van der Waals surface area contributed by atoms with Crippen molar-refractivity contribution < 1.29 is 13.9 Å². The average Bonchev–Trinajstić information content (AvgIpc) is 3.10. The molecule has 0 bridgehead atoms. The van der Waals surface area contributed by atoms with Crippen LogP contribution in [0.5, 0.6) is 5.75 Å². The van der Waals surface area contributed by atoms with Crippen LogP contribution >= 0.6 is 0 Å². The number of allylic oxidation sites excluding steroid dienone is 3. The predicted molar refractivity (Wildman–Crippen MR) is 113 cm³/mol. The van der Waals surface area contributed by atoms with E-state index in [-0.39, 0.29) is 24.3 Å². The van der Waals surface area contributed by atoms with E-state index in [4.69, 9.17) is 4.74 Å². The molecule has 0 atom stereocenters. The Bertz CT molecular complexity index is 931. The highest BCUT2D eigenvalue weighted by Gasteiger charge is 2.15. The number of benzene rings is 1. The molecular weight excluding hydrogens is 371 g/mol. The van der Waals surface area contributed by atoms with E-state index in [0.29, 0.717) is 22.8 Å². The van der Waals surface area contributed by atoms with Crippen molar-refractivity contribution in [2.24, 2.45) is 0 Å². The Morgan fingerprint density at radius 1 is 1.34 bits per heavy atom. The standard InChI is InChI=1S/C22H27FN4O2/c1-6-7-8-9-11-15(2)21-25-22(27(26-21)18(5)28)24-16(3)14-29-20-13-10-12-19(23)17(20)4/h6,10-13H,1,3,7-9,14H2,2,4-5H3,(H,24,25,26)/b15-11+. The van der Waals surface area contributed by atoms with Crippen molar-refractivity contribution in [3.8, 4) is 5.75 Å². The van der Waals surface area contributed by atoms with E-state index >= 15 is 0 Å². The second kappa shape index (κ2) is 10.4. The lowest BCUT2D eigenvalue weighted by Crippen LogP contribution is -2.16. The Morgan fingerprint density at radius 3 is 2.79 bits per heavy atom. The largest absolute Gasteiger partial charge is 0.487 e. The SMILES string of the molecule is C=CCCC/C=C(\C)c1nc(NC(=C)COc2cccc(F)c2C)n(C(C)=O)n1. The number of ether oxygens (including phenoxy) is 1. The van der Waals surface area contributed by atoms with Crippen LogP contribution in [-0.2, 0) is 0 Å². The highest BCUT2D eigenvalue weighted by Crippen LogP contribution is 2.21. The molecule has 1 N–H and O–H groups in total. The number of nitrogens with one attached hydrogen (secondary N) is 1. The lowest BCUT2D eigenvalue weighted by atomic mass is 10.2. The summed E-state index contributed by atoms with van der Waals surface area (Å²) in [5.41, 5.74) is 1.77. The van der Waals surface area contributed by atoms with Crippen molar-refractivity contribution in [3.05, 3.63) is 66.4 Å². The van der Waals surface area contributed by atoms with E-state index in [1.54, 1.807) is 19.1 Å². The van der Waals surface area contributed by atoms with Crippen molar-refractivity contribution in [2.75, 3.05) is 11.9 Å². The van der Waals surface area contributed by atoms with Gasteiger partial charge in [0.1, 0.15) is 18.2 Å². The molecule has 1 heterocycles. The molecule has 2 aromatic rings. The molecule has 0 fully saturated rings. The molecule has 1 aromatic carbocycles. The zero-order valence-corrected chi connectivity index (χ0v) is 17.2. The molecule has 1 aromatic heterocycles. The second-order valence-electron chi connectivity index (χ2n) is 6.68. The van der Waals surface area contributed by atoms with Gasteiger partial charge in [-0.05, 0) is 50.8 Å². The van der Waals surface area contributed by atoms with Gasteiger partial charge in [-0.2, -0.15) is 9.67 Å². The van der Waals surface area contributed by atoms with Gasteiger partial charge in [0.2, 0.25) is 11.9 Å². The van der Waals surface area contributed by atoms with Gasteiger partial charge in [-0.3, -0.25) is 4.79 Å². The maximum atomic E-state index is 13.6. The van der Waals surface area contributed by atoms with E-state index in [1.807, 2.05) is 19.1 Å². The molecule has 2 rings (SSSR count). The third-order valence-corrected chi connectivity index (χ3v) is 4.23. The quantitative estimate of drug-likeness (QED) is 0.443. The molecule has 0 aliphatic heterocycles. The van der Waals surface area contributed by atoms with Gasteiger partial charge in [0.25, 0.3) is 0 Å². The van der Waals surface area contributed by atoms with Crippen molar-refractivity contribution >= 4 is 17.4 Å². The summed E-state index contributed by atoms with van der Waals surface area (Å²) in [5, 5.41) is 7.24. The van der Waals surface area contributed by atoms with Crippen molar-refractivity contribution in [3.63, 3.8) is 0 Å². The van der Waals surface area contributed by atoms with Crippen molar-refractivity contribution in [1.29, 1.82) is 0 Å². The van der Waals surface area contributed by atoms with Crippen LogP contribution in [0.15, 0.2) is 49.2 Å². The fourth-order valence-electron chi connectivity index (χ4n) is 2.55. The molecule has 0 radical (unpaired) electrons. The number of carbonyl (C=O) groups excluding carboxylic acids is 1. The lowest BCUT2D eigenvalue weighted by molar-refractivity contribution is 0.0923. The summed E-state index contributed by atoms with van der Waals surface area (Å²) in [7, 11) is 0. The van der Waals surface area contributed by atoms with E-state index in [9.17, 15) is 9.18 Å². The minimum Gasteiger partial charge on any atom is -0.487 e. The summed E-state index contributed by atoms with van der Waals surface area (Å²) in [4.78, 5) is 16.3. The lowest BCUT2D eigenvalue weighted by Gasteiger charge is -2.12. The van der Waals surface area contributed by atoms with E-state index in [2.05, 4.69) is 28.6 Å². The number of hydrogen-bond donors (Lipinski definition) is 1. The maximum Gasteiger partial charge on any atom is 0.246 e. The third kappa shape index (κ3) is 6.14. The number of hydrogen-bond acceptors (Lipinski definition) is 5. The maximum absolute atomic E-state index is 13.6. The number of carbonyl (C=O) groups is 1. The van der Waals surface area contributed by atoms with Crippen LogP contribution in [-0.4, -0.2) is 27.3 Å². The van der Waals surface area contributed by atoms with Crippen LogP contribution in [0.4, 0.5) is 10.3 Å². The van der Waals surface area contributed by atoms with Crippen LogP contribution < -0.4 is 10.1 Å². The Hall–Kier alpha value is -3.22. The topological polar surface area (TPSA) is 69.0 Å². The zero-order chi connectivity index (χ0) is 21.4. The summed E-state index contributed by atoms with van der Waals surface area (Å²) < 4.78 is 20.4. The van der Waals surface area contributed by atoms with E-state index in [0.717, 1.165) is 24.8 Å². The summed E-state index contributed by atoms with van der Waals surface area (Å²) >= 11 is 0. The first-order valence-electron chi connectivity index (χ1n) is 9.42. The first kappa shape index (κ1) is 22.1. The fraction of sp³-hybridized carbons (Fsp3) is 0.318. The van der Waals surface area contributed by atoms with Gasteiger partial charge in [0.05, 0.1) is 0 Å². The van der Waals surface area contributed by atoms with Gasteiger partial charge in [0.15, 0.2) is 5.82 Å². The molecule has 0 spiro atoms. The van der Waals surface area contributed by atoms with Gasteiger partial charge in [-0.1, -0.05) is 24.8 Å². The molecule has 0 unspecified atom stereocenters. The normalized spacial score (nSPS) is 11.2. The Kier molecular flexibility index (Phi) is 7.88. The molecule has 0 aliphatic rings. The summed E-state index contributed by atoms with van der Waals surface area (Å²) in [6.45, 7) is 12.6. The molecule has 7 heteroatoms. The number of anilines is 1. The van der Waals surface area contributed by atoms with Gasteiger partial charge in [-0.15, -0.1) is 11.7 Å². The van der Waals surface area contributed by atoms with E-state index < -0.39 is 0 Å². The molecule has 0 aliphatic carbocycles. The molecule has 0 amide bonds. The van der Waals surface area contributed by atoms with Gasteiger partial charge >= 0.3 is 0 Å². The number of halogens is 1. The molecule has 6 nitrogen and oxygen atoms in total. The predicted octanol–water partition coefficient (Wildman–Crippen LogP) is 5.15. The fourth-order valence-corrected chi connectivity index (χ4v) is 2.55. The zero-order valence-electron chi connectivity index (χ0n) is 17.2. The highest BCUT2D eigenvalue weighted by molar-refractivity contribution is 5.79. The average molecular weight is 398 g/mol. The molecule has 0 saturated heterocycles. The monoisotopic (exact) mass is 398 g/mol. The first-order chi connectivity index (χ1) is 13.8. The highest BCUT2D eigenvalue weighted by atomic mass is 19.1. The van der Waals surface area contributed by atoms with Crippen LogP contribution in [0.3, 0.4) is 0 Å². The summed E-state index contributed by atoms with van der Waals surface area (Å²) in [6.07, 6.45) is 6.73. The minimum atomic E-state index is -0.336. The van der Waals surface area contributed by atoms with Crippen LogP contribution in [0, 0.1) is 12.7 Å². The number of aromatic nitrogens is 3. The second-order valence-corrected chi connectivity index (χ2v) is 6.68. The number of nitrogens with zero attached hydrogens (tertiary/aromatic N) is 3. The Labute approximate surface area is 170 Å². The van der Waals surface area contributed by atoms with Crippen LogP contribution in [0.2, 0.25) is 0 Å². The molecule has 29 heavy (non-hydrogen) atoms. The molecule has 154 valence electrons. The van der Waals surface area contributed by atoms with Gasteiger partial charge < -0.3 is 10.1 Å². The van der Waals surface area contributed by atoms with E-state index in [1.165, 1.54) is 17.7 Å². The summed E-state index contributed by atoms with van der Waals surface area (Å²) in [5.74, 6) is 0.546.